The minimum absolute atomic E-state index is 0.602. The van der Waals surface area contributed by atoms with Crippen LogP contribution in [0.3, 0.4) is 0 Å². The van der Waals surface area contributed by atoms with E-state index in [2.05, 4.69) is 38.8 Å². The largest absolute Gasteiger partial charge is 0.481 e. The predicted molar refractivity (Wildman–Crippen MR) is 101 cm³/mol. The first-order valence-corrected chi connectivity index (χ1v) is 9.74. The molecule has 1 fully saturated rings. The summed E-state index contributed by atoms with van der Waals surface area (Å²) in [4.78, 5) is 6.87. The fraction of sp³-hybridized carbons (Fsp3) is 0.571. The van der Waals surface area contributed by atoms with Crippen LogP contribution in [0.15, 0.2) is 36.7 Å². The van der Waals surface area contributed by atoms with E-state index in [0.29, 0.717) is 5.92 Å². The molecular weight excluding hydrogens is 326 g/mol. The summed E-state index contributed by atoms with van der Waals surface area (Å²) in [6, 6.07) is 8.49. The highest BCUT2D eigenvalue weighted by Gasteiger charge is 2.24. The standard InChI is InChI=1S/C21H29N3O2/c1-25-21-19(4-2-9-22-21)14-23-12-18(8-11-26-16-17-6-7-17)13-24-10-3-5-20(24)15-23/h2-5,9-10,17-18H,6-8,11-16H2,1H3. The van der Waals surface area contributed by atoms with Crippen LogP contribution in [-0.2, 0) is 24.4 Å². The second-order valence-electron chi connectivity index (χ2n) is 7.67. The third kappa shape index (κ3) is 4.46. The maximum Gasteiger partial charge on any atom is 0.217 e. The van der Waals surface area contributed by atoms with Crippen molar-refractivity contribution in [3.63, 3.8) is 0 Å². The third-order valence-corrected chi connectivity index (χ3v) is 5.44. The smallest absolute Gasteiger partial charge is 0.217 e. The Balaban J connectivity index is 1.41. The van der Waals surface area contributed by atoms with Crippen molar-refractivity contribution < 1.29 is 9.47 Å². The van der Waals surface area contributed by atoms with Gasteiger partial charge < -0.3 is 14.0 Å². The molecule has 0 aromatic carbocycles. The van der Waals surface area contributed by atoms with Crippen molar-refractivity contribution in [2.45, 2.75) is 38.9 Å². The molecule has 3 heterocycles. The second kappa shape index (κ2) is 8.23. The maximum atomic E-state index is 5.90. The molecule has 0 amide bonds. The number of nitrogens with zero attached hydrogens (tertiary/aromatic N) is 3. The fourth-order valence-corrected chi connectivity index (χ4v) is 3.82. The summed E-state index contributed by atoms with van der Waals surface area (Å²) >= 11 is 0. The number of hydrogen-bond donors (Lipinski definition) is 0. The van der Waals surface area contributed by atoms with Crippen LogP contribution in [0.2, 0.25) is 0 Å². The minimum Gasteiger partial charge on any atom is -0.481 e. The monoisotopic (exact) mass is 355 g/mol. The van der Waals surface area contributed by atoms with E-state index in [4.69, 9.17) is 9.47 Å². The average Bonchev–Trinajstić information content (AvgIpc) is 3.41. The summed E-state index contributed by atoms with van der Waals surface area (Å²) in [5.41, 5.74) is 2.54. The van der Waals surface area contributed by atoms with E-state index in [1.807, 2.05) is 6.07 Å². The lowest BCUT2D eigenvalue weighted by Crippen LogP contribution is -2.28. The molecule has 26 heavy (non-hydrogen) atoms. The SMILES string of the molecule is COc1ncccc1CN1Cc2cccn2CC(CCOCC2CC2)C1. The summed E-state index contributed by atoms with van der Waals surface area (Å²) in [5, 5.41) is 0. The van der Waals surface area contributed by atoms with Crippen LogP contribution in [0, 0.1) is 11.8 Å². The van der Waals surface area contributed by atoms with Crippen LogP contribution in [0.4, 0.5) is 0 Å². The van der Waals surface area contributed by atoms with Crippen LogP contribution < -0.4 is 4.74 Å². The molecule has 0 spiro atoms. The lowest BCUT2D eigenvalue weighted by molar-refractivity contribution is 0.101. The topological polar surface area (TPSA) is 39.5 Å². The van der Waals surface area contributed by atoms with E-state index < -0.39 is 0 Å². The lowest BCUT2D eigenvalue weighted by Gasteiger charge is -2.24. The van der Waals surface area contributed by atoms with E-state index in [-0.39, 0.29) is 0 Å². The van der Waals surface area contributed by atoms with E-state index in [9.17, 15) is 0 Å². The van der Waals surface area contributed by atoms with Crippen molar-refractivity contribution in [1.82, 2.24) is 14.5 Å². The number of methoxy groups -OCH3 is 1. The molecule has 1 atom stereocenters. The Labute approximate surface area is 155 Å². The van der Waals surface area contributed by atoms with Gasteiger partial charge in [0.15, 0.2) is 0 Å². The molecule has 5 heteroatoms. The highest BCUT2D eigenvalue weighted by Crippen LogP contribution is 2.29. The molecule has 0 saturated heterocycles. The van der Waals surface area contributed by atoms with Crippen molar-refractivity contribution in [2.75, 3.05) is 26.9 Å². The van der Waals surface area contributed by atoms with Gasteiger partial charge in [0.25, 0.3) is 0 Å². The maximum absolute atomic E-state index is 5.90. The molecule has 0 N–H and O–H groups in total. The quantitative estimate of drug-likeness (QED) is 0.681. The molecule has 5 nitrogen and oxygen atoms in total. The molecule has 1 unspecified atom stereocenters. The zero-order valence-corrected chi connectivity index (χ0v) is 15.6. The molecular formula is C21H29N3O2. The molecule has 2 aromatic heterocycles. The summed E-state index contributed by atoms with van der Waals surface area (Å²) in [7, 11) is 1.69. The highest BCUT2D eigenvalue weighted by atomic mass is 16.5. The van der Waals surface area contributed by atoms with Crippen LogP contribution in [-0.4, -0.2) is 41.3 Å². The number of aromatic nitrogens is 2. The summed E-state index contributed by atoms with van der Waals surface area (Å²) < 4.78 is 13.8. The normalized spacial score (nSPS) is 20.6. The number of rotatable bonds is 8. The zero-order valence-electron chi connectivity index (χ0n) is 15.6. The Morgan fingerprint density at radius 3 is 2.92 bits per heavy atom. The van der Waals surface area contributed by atoms with Crippen molar-refractivity contribution in [3.8, 4) is 5.88 Å². The average molecular weight is 355 g/mol. The molecule has 1 aliphatic heterocycles. The van der Waals surface area contributed by atoms with E-state index in [0.717, 1.165) is 63.2 Å². The minimum atomic E-state index is 0.602. The van der Waals surface area contributed by atoms with Gasteiger partial charge in [0.1, 0.15) is 0 Å². The van der Waals surface area contributed by atoms with E-state index in [1.165, 1.54) is 18.5 Å². The van der Waals surface area contributed by atoms with Gasteiger partial charge in [0.2, 0.25) is 5.88 Å². The van der Waals surface area contributed by atoms with Gasteiger partial charge in [-0.05, 0) is 49.3 Å². The van der Waals surface area contributed by atoms with Gasteiger partial charge in [-0.2, -0.15) is 0 Å². The Morgan fingerprint density at radius 2 is 2.08 bits per heavy atom. The molecule has 140 valence electrons. The molecule has 1 aliphatic carbocycles. The van der Waals surface area contributed by atoms with Crippen LogP contribution in [0.25, 0.3) is 0 Å². The number of ether oxygens (including phenoxy) is 2. The second-order valence-corrected chi connectivity index (χ2v) is 7.67. The molecule has 2 aromatic rings. The molecule has 1 saturated carbocycles. The van der Waals surface area contributed by atoms with E-state index >= 15 is 0 Å². The first kappa shape index (κ1) is 17.6. The Kier molecular flexibility index (Phi) is 5.56. The Bertz CT molecular complexity index is 711. The zero-order chi connectivity index (χ0) is 17.8. The molecule has 0 bridgehead atoms. The van der Waals surface area contributed by atoms with Gasteiger partial charge >= 0.3 is 0 Å². The van der Waals surface area contributed by atoms with Crippen molar-refractivity contribution >= 4 is 0 Å². The van der Waals surface area contributed by atoms with Gasteiger partial charge in [0, 0.05) is 63.0 Å². The third-order valence-electron chi connectivity index (χ3n) is 5.44. The Morgan fingerprint density at radius 1 is 1.15 bits per heavy atom. The van der Waals surface area contributed by atoms with Gasteiger partial charge in [-0.25, -0.2) is 4.98 Å². The first-order chi connectivity index (χ1) is 12.8. The molecule has 4 rings (SSSR count). The molecule has 2 aliphatic rings. The van der Waals surface area contributed by atoms with Crippen LogP contribution >= 0.6 is 0 Å². The van der Waals surface area contributed by atoms with Crippen molar-refractivity contribution in [2.24, 2.45) is 11.8 Å². The van der Waals surface area contributed by atoms with E-state index in [1.54, 1.807) is 13.3 Å². The van der Waals surface area contributed by atoms with Gasteiger partial charge in [-0.1, -0.05) is 6.07 Å². The fourth-order valence-electron chi connectivity index (χ4n) is 3.82. The lowest BCUT2D eigenvalue weighted by atomic mass is 10.1. The first-order valence-electron chi connectivity index (χ1n) is 9.74. The van der Waals surface area contributed by atoms with Crippen LogP contribution in [0.5, 0.6) is 5.88 Å². The molecule has 0 radical (unpaired) electrons. The summed E-state index contributed by atoms with van der Waals surface area (Å²) in [6.07, 6.45) is 7.83. The van der Waals surface area contributed by atoms with Crippen molar-refractivity contribution in [1.29, 1.82) is 0 Å². The summed E-state index contributed by atoms with van der Waals surface area (Å²) in [5.74, 6) is 2.18. The summed E-state index contributed by atoms with van der Waals surface area (Å²) in [6.45, 7) is 5.81. The Hall–Kier alpha value is -1.85. The number of pyridine rings is 1. The van der Waals surface area contributed by atoms with Gasteiger partial charge in [-0.15, -0.1) is 0 Å². The van der Waals surface area contributed by atoms with Gasteiger partial charge in [-0.3, -0.25) is 4.90 Å². The predicted octanol–water partition coefficient (Wildman–Crippen LogP) is 3.34. The number of fused-ring (bicyclic) bond motifs is 1. The number of hydrogen-bond acceptors (Lipinski definition) is 4. The highest BCUT2D eigenvalue weighted by molar-refractivity contribution is 5.25. The van der Waals surface area contributed by atoms with Gasteiger partial charge in [0.05, 0.1) is 7.11 Å². The van der Waals surface area contributed by atoms with Crippen molar-refractivity contribution in [3.05, 3.63) is 47.9 Å². The van der Waals surface area contributed by atoms with Crippen LogP contribution in [0.1, 0.15) is 30.5 Å².